The van der Waals surface area contributed by atoms with Gasteiger partial charge < -0.3 is 35.5 Å². The van der Waals surface area contributed by atoms with Crippen LogP contribution in [0.4, 0.5) is 37.7 Å². The average Bonchev–Trinajstić information content (AvgIpc) is 3.99. The van der Waals surface area contributed by atoms with Gasteiger partial charge in [-0.05, 0) is 105 Å². The van der Waals surface area contributed by atoms with Gasteiger partial charge in [-0.25, -0.2) is 4.79 Å². The second-order valence-electron chi connectivity index (χ2n) is 17.0. The zero-order valence-electron chi connectivity index (χ0n) is 37.2. The number of benzene rings is 4. The van der Waals surface area contributed by atoms with Crippen LogP contribution in [0.3, 0.4) is 0 Å². The van der Waals surface area contributed by atoms with E-state index in [1.54, 1.807) is 84.1 Å². The molecule has 0 radical (unpaired) electrons. The number of hydrogen-bond donors (Lipinski definition) is 5. The molecule has 3 aliphatic heterocycles. The summed E-state index contributed by atoms with van der Waals surface area (Å²) in [5, 5.41) is 18.3. The number of carbonyl (C=O) groups excluding carboxylic acids is 3. The fourth-order valence-electron chi connectivity index (χ4n) is 9.14. The maximum atomic E-state index is 13.8. The molecule has 68 heavy (non-hydrogen) atoms. The minimum atomic E-state index is -4.56. The van der Waals surface area contributed by atoms with Gasteiger partial charge >= 0.3 is 18.3 Å². The third kappa shape index (κ3) is 9.08. The average molecular weight is 935 g/mol. The summed E-state index contributed by atoms with van der Waals surface area (Å²) in [5.74, 6) is -2.10. The van der Waals surface area contributed by atoms with Crippen molar-refractivity contribution >= 4 is 58.5 Å². The molecule has 5 N–H and O–H groups in total. The number of H-pyrrole nitrogens is 1. The number of carbonyl (C=O) groups is 4. The van der Waals surface area contributed by atoms with Gasteiger partial charge in [0.2, 0.25) is 0 Å². The number of alkyl halides is 6. The number of carboxylic acids is 1. The Bertz CT molecular complexity index is 3100. The molecule has 350 valence electrons. The van der Waals surface area contributed by atoms with E-state index in [0.29, 0.717) is 69.2 Å². The Hall–Kier alpha value is -7.66. The number of aryl methyl sites for hydroxylation is 2. The van der Waals surface area contributed by atoms with Crippen molar-refractivity contribution < 1.29 is 50.6 Å². The quantitative estimate of drug-likeness (QED) is 0.0830. The van der Waals surface area contributed by atoms with Crippen LogP contribution in [0.1, 0.15) is 79.5 Å². The highest BCUT2D eigenvalue weighted by molar-refractivity contribution is 6.37. The lowest BCUT2D eigenvalue weighted by Crippen LogP contribution is -2.55. The van der Waals surface area contributed by atoms with Crippen molar-refractivity contribution in [3.63, 3.8) is 0 Å². The fraction of sp³-hybridized carbons (Fsp3) is 0.216. The molecular weight excluding hydrogens is 891 g/mol. The largest absolute Gasteiger partial charge is 0.478 e. The second kappa shape index (κ2) is 17.9. The van der Waals surface area contributed by atoms with Gasteiger partial charge in [-0.2, -0.15) is 26.3 Å². The minimum absolute atomic E-state index is 0.0167. The first-order chi connectivity index (χ1) is 32.1. The SMILES string of the molecule is Cc1cc(C(=O)N2C[C@@H](C)N[C@@H](C)C2)c(C=C2C(=O)Nc3cccc(-c4ccccc4C(F)(F)F)c32)[nH]1.Cc1cn(C=C2C(=O)Nc3cccc(-c4cccc(C(F)(F)F)c4)c32)c(C)c1C(=O)O. The van der Waals surface area contributed by atoms with Gasteiger partial charge in [-0.15, -0.1) is 0 Å². The molecule has 0 saturated carbocycles. The van der Waals surface area contributed by atoms with Gasteiger partial charge in [0.25, 0.3) is 17.7 Å². The number of fused-ring (bicyclic) bond motifs is 2. The number of nitrogens with one attached hydrogen (secondary N) is 4. The summed E-state index contributed by atoms with van der Waals surface area (Å²) >= 11 is 0. The van der Waals surface area contributed by atoms with Gasteiger partial charge in [0.15, 0.2) is 0 Å². The molecule has 11 nitrogen and oxygen atoms in total. The van der Waals surface area contributed by atoms with E-state index in [4.69, 9.17) is 0 Å². The summed E-state index contributed by atoms with van der Waals surface area (Å²) < 4.78 is 82.7. The van der Waals surface area contributed by atoms with Gasteiger partial charge in [0.05, 0.1) is 39.1 Å². The predicted molar refractivity (Wildman–Crippen MR) is 247 cm³/mol. The van der Waals surface area contributed by atoms with E-state index in [0.717, 1.165) is 23.9 Å². The zero-order chi connectivity index (χ0) is 49.0. The molecule has 3 aliphatic rings. The first-order valence-corrected chi connectivity index (χ1v) is 21.4. The molecule has 0 spiro atoms. The molecule has 2 atom stereocenters. The van der Waals surface area contributed by atoms with Crippen LogP contribution in [-0.4, -0.2) is 68.4 Å². The molecule has 0 bridgehead atoms. The van der Waals surface area contributed by atoms with Crippen LogP contribution in [-0.2, 0) is 21.9 Å². The summed E-state index contributed by atoms with van der Waals surface area (Å²) in [6.45, 7) is 10.2. The third-order valence-electron chi connectivity index (χ3n) is 12.0. The zero-order valence-corrected chi connectivity index (χ0v) is 37.2. The van der Waals surface area contributed by atoms with E-state index in [1.807, 2.05) is 20.8 Å². The summed E-state index contributed by atoms with van der Waals surface area (Å²) in [4.78, 5) is 55.7. The predicted octanol–water partition coefficient (Wildman–Crippen LogP) is 10.8. The van der Waals surface area contributed by atoms with Crippen LogP contribution in [0, 0.1) is 20.8 Å². The molecule has 4 aromatic carbocycles. The molecule has 3 amide bonds. The van der Waals surface area contributed by atoms with Crippen molar-refractivity contribution in [3.05, 3.63) is 153 Å². The number of amides is 3. The molecule has 17 heteroatoms. The van der Waals surface area contributed by atoms with Gasteiger partial charge in [0, 0.05) is 71.5 Å². The molecule has 5 heterocycles. The van der Waals surface area contributed by atoms with Crippen molar-refractivity contribution in [3.8, 4) is 22.3 Å². The van der Waals surface area contributed by atoms with Crippen molar-refractivity contribution in [1.29, 1.82) is 0 Å². The Morgan fingerprint density at radius 3 is 1.93 bits per heavy atom. The summed E-state index contributed by atoms with van der Waals surface area (Å²) in [6.07, 6.45) is -4.38. The molecule has 1 fully saturated rings. The number of anilines is 2. The van der Waals surface area contributed by atoms with Crippen molar-refractivity contribution in [2.24, 2.45) is 0 Å². The first-order valence-electron chi connectivity index (χ1n) is 21.4. The third-order valence-corrected chi connectivity index (χ3v) is 12.0. The highest BCUT2D eigenvalue weighted by Crippen LogP contribution is 2.45. The van der Waals surface area contributed by atoms with Crippen LogP contribution in [0.25, 0.3) is 45.7 Å². The van der Waals surface area contributed by atoms with E-state index < -0.39 is 41.3 Å². The Morgan fingerprint density at radius 1 is 0.721 bits per heavy atom. The molecule has 9 rings (SSSR count). The Labute approximate surface area is 386 Å². The van der Waals surface area contributed by atoms with E-state index in [1.165, 1.54) is 30.5 Å². The van der Waals surface area contributed by atoms with E-state index in [9.17, 15) is 50.6 Å². The second-order valence-corrected chi connectivity index (χ2v) is 17.0. The van der Waals surface area contributed by atoms with Gasteiger partial charge in [-0.1, -0.05) is 54.6 Å². The summed E-state index contributed by atoms with van der Waals surface area (Å²) in [7, 11) is 0. The Balaban J connectivity index is 0.000000187. The van der Waals surface area contributed by atoms with Crippen molar-refractivity contribution in [2.45, 2.75) is 59.1 Å². The normalized spacial score (nSPS) is 18.0. The van der Waals surface area contributed by atoms with Crippen molar-refractivity contribution in [1.82, 2.24) is 19.8 Å². The lowest BCUT2D eigenvalue weighted by Gasteiger charge is -2.36. The van der Waals surface area contributed by atoms with Gasteiger partial charge in [-0.3, -0.25) is 14.4 Å². The highest BCUT2D eigenvalue weighted by atomic mass is 19.4. The molecule has 6 aromatic rings. The fourth-order valence-corrected chi connectivity index (χ4v) is 9.14. The number of aromatic amines is 1. The number of aromatic carboxylic acids is 1. The molecule has 0 aliphatic carbocycles. The van der Waals surface area contributed by atoms with Crippen LogP contribution in [0.5, 0.6) is 0 Å². The maximum absolute atomic E-state index is 13.8. The van der Waals surface area contributed by atoms with E-state index >= 15 is 0 Å². The minimum Gasteiger partial charge on any atom is -0.478 e. The molecule has 2 aromatic heterocycles. The standard InChI is InChI=1S/C28H27F3N4O2.C23H17F3N2O3/c1-15-11-20(27(37)35-13-16(2)32-17(3)14-35)24(33-15)12-21-25-19(8-6-10-23(25)34-26(21)36)18-7-4-5-9-22(18)28(29,30)31;1-12-10-28(13(2)19(12)22(30)31)11-17-20-16(7-4-8-18(20)27-21(17)29)14-5-3-6-15(9-14)23(24,25)26/h4-12,16-17,32-33H,13-14H2,1-3H3,(H,34,36);3-11H,1-2H3,(H,27,29)(H,30,31)/t16-,17+;. The molecule has 0 unspecified atom stereocenters. The Kier molecular flexibility index (Phi) is 12.3. The number of aromatic nitrogens is 2. The number of nitrogens with zero attached hydrogens (tertiary/aromatic N) is 2. The topological polar surface area (TPSA) is 149 Å². The lowest BCUT2D eigenvalue weighted by atomic mass is 9.91. The van der Waals surface area contributed by atoms with Crippen LogP contribution >= 0.6 is 0 Å². The van der Waals surface area contributed by atoms with Crippen LogP contribution in [0.2, 0.25) is 0 Å². The molecule has 1 saturated heterocycles. The number of hydrogen-bond acceptors (Lipinski definition) is 5. The van der Waals surface area contributed by atoms with Crippen LogP contribution < -0.4 is 16.0 Å². The lowest BCUT2D eigenvalue weighted by molar-refractivity contribution is -0.138. The number of carboxylic acid groups (broad SMARTS) is 1. The van der Waals surface area contributed by atoms with Crippen LogP contribution in [0.15, 0.2) is 97.2 Å². The summed E-state index contributed by atoms with van der Waals surface area (Å²) in [5.41, 5.74) is 4.37. The number of piperazine rings is 1. The maximum Gasteiger partial charge on any atom is 0.417 e. The van der Waals surface area contributed by atoms with E-state index in [2.05, 4.69) is 20.9 Å². The molecular formula is C51H44F6N6O5. The first kappa shape index (κ1) is 46.9. The smallest absolute Gasteiger partial charge is 0.417 e. The monoisotopic (exact) mass is 934 g/mol. The number of rotatable bonds is 6. The number of halogens is 6. The van der Waals surface area contributed by atoms with E-state index in [-0.39, 0.29) is 45.8 Å². The summed E-state index contributed by atoms with van der Waals surface area (Å²) in [6, 6.07) is 22.1. The van der Waals surface area contributed by atoms with Gasteiger partial charge in [0.1, 0.15) is 0 Å². The highest BCUT2D eigenvalue weighted by Gasteiger charge is 2.37. The Morgan fingerprint density at radius 2 is 1.31 bits per heavy atom. The van der Waals surface area contributed by atoms with Crippen molar-refractivity contribution in [2.75, 3.05) is 23.7 Å².